The lowest BCUT2D eigenvalue weighted by Gasteiger charge is -2.47. The number of hydrogen-bond donors (Lipinski definition) is 0. The molecule has 1 aromatic rings. The lowest BCUT2D eigenvalue weighted by atomic mass is 9.73. The van der Waals surface area contributed by atoms with E-state index in [2.05, 4.69) is 24.3 Å². The molecule has 3 saturated heterocycles. The minimum absolute atomic E-state index is 0.116. The van der Waals surface area contributed by atoms with Crippen LogP contribution in [0.25, 0.3) is 0 Å². The third-order valence-electron chi connectivity index (χ3n) is 6.78. The predicted molar refractivity (Wildman–Crippen MR) is 98.7 cm³/mol. The predicted octanol–water partition coefficient (Wildman–Crippen LogP) is 2.42. The molecule has 1 atom stereocenters. The van der Waals surface area contributed by atoms with E-state index < -0.39 is 0 Å². The number of likely N-dealkylation sites (tertiary alicyclic amines) is 2. The van der Waals surface area contributed by atoms with E-state index >= 15 is 0 Å². The molecular weight excluding hydrogens is 328 g/mol. The van der Waals surface area contributed by atoms with E-state index in [-0.39, 0.29) is 29.2 Å². The van der Waals surface area contributed by atoms with Gasteiger partial charge in [-0.3, -0.25) is 9.59 Å². The molecule has 1 spiro atoms. The number of hydrogen-bond acceptors (Lipinski definition) is 3. The molecule has 5 heteroatoms. The van der Waals surface area contributed by atoms with Crippen LogP contribution in [0.2, 0.25) is 0 Å². The second-order valence-corrected chi connectivity index (χ2v) is 7.94. The maximum absolute atomic E-state index is 12.8. The lowest BCUT2D eigenvalue weighted by Crippen LogP contribution is -2.55. The van der Waals surface area contributed by atoms with E-state index in [1.165, 1.54) is 5.56 Å². The topological polar surface area (TPSA) is 49.9 Å². The molecule has 140 valence electrons. The van der Waals surface area contributed by atoms with Gasteiger partial charge in [0.25, 0.3) is 0 Å². The quantitative estimate of drug-likeness (QED) is 0.818. The van der Waals surface area contributed by atoms with E-state index in [1.54, 1.807) is 0 Å². The molecule has 4 rings (SSSR count). The van der Waals surface area contributed by atoms with Crippen LogP contribution in [0, 0.1) is 5.92 Å². The van der Waals surface area contributed by atoms with Crippen molar-refractivity contribution in [2.24, 2.45) is 5.92 Å². The Kier molecular flexibility index (Phi) is 4.74. The highest BCUT2D eigenvalue weighted by Crippen LogP contribution is 2.48. The summed E-state index contributed by atoms with van der Waals surface area (Å²) in [5.41, 5.74) is 1.10. The summed E-state index contributed by atoms with van der Waals surface area (Å²) in [5.74, 6) is 0.849. The number of rotatable bonds is 2. The smallest absolute Gasteiger partial charge is 0.225 e. The van der Waals surface area contributed by atoms with Gasteiger partial charge >= 0.3 is 0 Å². The molecule has 3 fully saturated rings. The second kappa shape index (κ2) is 7.03. The number of carbonyl (C=O) groups excluding carboxylic acids is 2. The van der Waals surface area contributed by atoms with Crippen molar-refractivity contribution >= 4 is 11.8 Å². The molecule has 0 radical (unpaired) electrons. The number of amides is 2. The zero-order valence-corrected chi connectivity index (χ0v) is 15.5. The zero-order valence-electron chi connectivity index (χ0n) is 15.5. The molecule has 0 aromatic heterocycles. The van der Waals surface area contributed by atoms with Crippen LogP contribution in [0.15, 0.2) is 30.3 Å². The summed E-state index contributed by atoms with van der Waals surface area (Å²) >= 11 is 0. The molecule has 2 amide bonds. The molecule has 0 saturated carbocycles. The van der Waals surface area contributed by atoms with Gasteiger partial charge in [0.2, 0.25) is 11.8 Å². The fourth-order valence-corrected chi connectivity index (χ4v) is 5.10. The molecule has 0 unspecified atom stereocenters. The zero-order chi connectivity index (χ0) is 18.1. The van der Waals surface area contributed by atoms with E-state index in [0.29, 0.717) is 19.6 Å². The summed E-state index contributed by atoms with van der Waals surface area (Å²) in [6.45, 7) is 2.89. The van der Waals surface area contributed by atoms with Gasteiger partial charge in [0.1, 0.15) is 0 Å². The van der Waals surface area contributed by atoms with Crippen LogP contribution in [-0.2, 0) is 14.3 Å². The van der Waals surface area contributed by atoms with Gasteiger partial charge in [-0.25, -0.2) is 0 Å². The van der Waals surface area contributed by atoms with Gasteiger partial charge in [0.05, 0.1) is 5.54 Å². The molecule has 3 aliphatic rings. The monoisotopic (exact) mass is 356 g/mol. The Bertz CT molecular complexity index is 661. The van der Waals surface area contributed by atoms with Crippen molar-refractivity contribution in [3.63, 3.8) is 0 Å². The summed E-state index contributed by atoms with van der Waals surface area (Å²) in [4.78, 5) is 29.4. The van der Waals surface area contributed by atoms with Crippen molar-refractivity contribution in [1.82, 2.24) is 9.80 Å². The van der Waals surface area contributed by atoms with Crippen molar-refractivity contribution in [1.29, 1.82) is 0 Å². The average molecular weight is 356 g/mol. The van der Waals surface area contributed by atoms with Gasteiger partial charge in [-0.2, -0.15) is 0 Å². The Hall–Kier alpha value is -1.88. The molecule has 0 N–H and O–H groups in total. The minimum atomic E-state index is -0.148. The standard InChI is InChI=1S/C21H28N2O3/c1-22-19(24)15-18(16-5-3-2-4-6-16)21(22)9-11-23(12-10-21)20(25)17-7-13-26-14-8-17/h2-6,17-18H,7-15H2,1H3/t18-/m0/s1. The fourth-order valence-electron chi connectivity index (χ4n) is 5.10. The highest BCUT2D eigenvalue weighted by atomic mass is 16.5. The first-order chi connectivity index (χ1) is 12.6. The van der Waals surface area contributed by atoms with Gasteiger partial charge < -0.3 is 14.5 Å². The van der Waals surface area contributed by atoms with Crippen LogP contribution >= 0.6 is 0 Å². The Balaban J connectivity index is 1.50. The summed E-state index contributed by atoms with van der Waals surface area (Å²) in [7, 11) is 1.95. The highest BCUT2D eigenvalue weighted by Gasteiger charge is 2.53. The van der Waals surface area contributed by atoms with Crippen molar-refractivity contribution in [3.8, 4) is 0 Å². The molecule has 5 nitrogen and oxygen atoms in total. The SMILES string of the molecule is CN1C(=O)C[C@@H](c2ccccc2)C12CCN(C(=O)C1CCOCC1)CC2. The summed E-state index contributed by atoms with van der Waals surface area (Å²) in [5, 5.41) is 0. The number of ether oxygens (including phenoxy) is 1. The molecule has 26 heavy (non-hydrogen) atoms. The first-order valence-electron chi connectivity index (χ1n) is 9.80. The number of nitrogens with zero attached hydrogens (tertiary/aromatic N) is 2. The molecule has 3 aliphatic heterocycles. The van der Waals surface area contributed by atoms with Gasteiger partial charge in [-0.1, -0.05) is 30.3 Å². The summed E-state index contributed by atoms with van der Waals surface area (Å²) in [6.07, 6.45) is 3.99. The van der Waals surface area contributed by atoms with E-state index in [0.717, 1.165) is 38.8 Å². The van der Waals surface area contributed by atoms with Crippen molar-refractivity contribution in [2.75, 3.05) is 33.4 Å². The van der Waals surface area contributed by atoms with Gasteiger partial charge in [-0.05, 0) is 31.2 Å². The van der Waals surface area contributed by atoms with Crippen LogP contribution < -0.4 is 0 Å². The van der Waals surface area contributed by atoms with Crippen molar-refractivity contribution in [3.05, 3.63) is 35.9 Å². The Morgan fingerprint density at radius 1 is 1.12 bits per heavy atom. The number of carbonyl (C=O) groups is 2. The summed E-state index contributed by atoms with van der Waals surface area (Å²) in [6, 6.07) is 10.4. The Morgan fingerprint density at radius 2 is 1.77 bits per heavy atom. The fraction of sp³-hybridized carbons (Fsp3) is 0.619. The van der Waals surface area contributed by atoms with Crippen LogP contribution in [0.3, 0.4) is 0 Å². The third-order valence-corrected chi connectivity index (χ3v) is 6.78. The number of benzene rings is 1. The normalized spacial score (nSPS) is 26.5. The largest absolute Gasteiger partial charge is 0.381 e. The minimum Gasteiger partial charge on any atom is -0.381 e. The lowest BCUT2D eigenvalue weighted by molar-refractivity contribution is -0.141. The number of piperidine rings is 1. The van der Waals surface area contributed by atoms with Gasteiger partial charge in [-0.15, -0.1) is 0 Å². The van der Waals surface area contributed by atoms with Crippen molar-refractivity contribution < 1.29 is 14.3 Å². The van der Waals surface area contributed by atoms with Crippen LogP contribution in [0.1, 0.15) is 43.6 Å². The van der Waals surface area contributed by atoms with Crippen molar-refractivity contribution in [2.45, 2.75) is 43.6 Å². The van der Waals surface area contributed by atoms with Gasteiger partial charge in [0, 0.05) is 51.6 Å². The Morgan fingerprint density at radius 3 is 2.42 bits per heavy atom. The second-order valence-electron chi connectivity index (χ2n) is 7.94. The summed E-state index contributed by atoms with van der Waals surface area (Å²) < 4.78 is 5.39. The van der Waals surface area contributed by atoms with Crippen LogP contribution in [-0.4, -0.2) is 60.5 Å². The van der Waals surface area contributed by atoms with E-state index in [4.69, 9.17) is 4.74 Å². The van der Waals surface area contributed by atoms with Gasteiger partial charge in [0.15, 0.2) is 0 Å². The van der Waals surface area contributed by atoms with Crippen LogP contribution in [0.5, 0.6) is 0 Å². The third kappa shape index (κ3) is 2.92. The van der Waals surface area contributed by atoms with E-state index in [9.17, 15) is 9.59 Å². The average Bonchev–Trinajstić information content (AvgIpc) is 2.94. The van der Waals surface area contributed by atoms with Crippen LogP contribution in [0.4, 0.5) is 0 Å². The van der Waals surface area contributed by atoms with E-state index in [1.807, 2.05) is 22.9 Å². The first kappa shape index (κ1) is 17.5. The maximum atomic E-state index is 12.8. The first-order valence-corrected chi connectivity index (χ1v) is 9.80. The molecule has 0 bridgehead atoms. The maximum Gasteiger partial charge on any atom is 0.225 e. The molecule has 3 heterocycles. The highest BCUT2D eigenvalue weighted by molar-refractivity contribution is 5.82. The Labute approximate surface area is 155 Å². The number of likely N-dealkylation sites (N-methyl/N-ethyl adjacent to an activating group) is 1. The molecule has 0 aliphatic carbocycles. The molecular formula is C21H28N2O3. The molecule has 1 aromatic carbocycles.